The molecular weight excluding hydrogens is 382 g/mol. The molecule has 0 saturated heterocycles. The number of rotatable bonds is 6. The minimum Gasteiger partial charge on any atom is -0.491 e. The van der Waals surface area contributed by atoms with Crippen LogP contribution in [0.2, 0.25) is 0 Å². The predicted molar refractivity (Wildman–Crippen MR) is 116 cm³/mol. The Hall–Kier alpha value is -3.32. The van der Waals surface area contributed by atoms with Gasteiger partial charge in [0, 0.05) is 28.9 Å². The summed E-state index contributed by atoms with van der Waals surface area (Å²) in [5.41, 5.74) is 8.45. The number of alkyl carbamates (subject to hydrolysis) is 1. The third-order valence-electron chi connectivity index (χ3n) is 4.47. The summed E-state index contributed by atoms with van der Waals surface area (Å²) in [4.78, 5) is 24.4. The molecule has 1 aromatic rings. The highest BCUT2D eigenvalue weighted by atomic mass is 16.6. The summed E-state index contributed by atoms with van der Waals surface area (Å²) >= 11 is 0. The summed E-state index contributed by atoms with van der Waals surface area (Å²) < 4.78 is 10.6. The van der Waals surface area contributed by atoms with E-state index in [0.717, 1.165) is 5.57 Å². The lowest BCUT2D eigenvalue weighted by Crippen LogP contribution is -2.31. The van der Waals surface area contributed by atoms with E-state index < -0.39 is 12.3 Å². The molecule has 0 aliphatic heterocycles. The van der Waals surface area contributed by atoms with Crippen LogP contribution in [0, 0.1) is 5.92 Å². The van der Waals surface area contributed by atoms with E-state index in [1.807, 2.05) is 62.4 Å². The fraction of sp³-hybridized carbons (Fsp3) is 0.304. The average molecular weight is 409 g/mol. The first-order valence-corrected chi connectivity index (χ1v) is 9.92. The van der Waals surface area contributed by atoms with Crippen LogP contribution in [0.3, 0.4) is 0 Å². The van der Waals surface area contributed by atoms with Crippen molar-refractivity contribution in [2.24, 2.45) is 11.7 Å². The number of fused-ring (bicyclic) bond motifs is 1. The Labute approximate surface area is 176 Å². The van der Waals surface area contributed by atoms with Crippen LogP contribution in [0.15, 0.2) is 71.5 Å². The maximum atomic E-state index is 12.7. The van der Waals surface area contributed by atoms with E-state index in [4.69, 9.17) is 15.2 Å². The van der Waals surface area contributed by atoms with E-state index in [9.17, 15) is 9.59 Å². The van der Waals surface area contributed by atoms with Gasteiger partial charge in [-0.05, 0) is 57.0 Å². The number of amides is 2. The average Bonchev–Trinajstić information content (AvgIpc) is 2.66. The topological polar surface area (TPSA) is 103 Å². The number of hydrogen-bond donors (Lipinski definition) is 3. The van der Waals surface area contributed by atoms with E-state index in [0.29, 0.717) is 29.1 Å². The van der Waals surface area contributed by atoms with Gasteiger partial charge in [0.15, 0.2) is 0 Å². The van der Waals surface area contributed by atoms with Crippen molar-refractivity contribution in [3.05, 3.63) is 71.5 Å². The van der Waals surface area contributed by atoms with E-state index in [-0.39, 0.29) is 17.9 Å². The zero-order chi connectivity index (χ0) is 21.7. The van der Waals surface area contributed by atoms with Crippen LogP contribution in [0.1, 0.15) is 27.2 Å². The Bertz CT molecular complexity index is 942. The number of ether oxygens (including phenoxy) is 2. The summed E-state index contributed by atoms with van der Waals surface area (Å²) in [5, 5.41) is 5.58. The Balaban J connectivity index is 1.65. The summed E-state index contributed by atoms with van der Waals surface area (Å²) in [6.45, 7) is 5.49. The number of allylic oxidation sites excluding steroid dienone is 6. The van der Waals surface area contributed by atoms with Crippen molar-refractivity contribution in [2.75, 3.05) is 5.32 Å². The second-order valence-electron chi connectivity index (χ2n) is 7.51. The summed E-state index contributed by atoms with van der Waals surface area (Å²) in [7, 11) is 0. The number of nitrogens with two attached hydrogens (primary N) is 1. The predicted octanol–water partition coefficient (Wildman–Crippen LogP) is 3.77. The number of nitrogens with one attached hydrogen (secondary N) is 2. The second-order valence-corrected chi connectivity index (χ2v) is 7.51. The molecule has 4 N–H and O–H groups in total. The van der Waals surface area contributed by atoms with Gasteiger partial charge in [0.2, 0.25) is 0 Å². The van der Waals surface area contributed by atoms with Crippen molar-refractivity contribution in [3.8, 4) is 5.75 Å². The number of hydrogen-bond acceptors (Lipinski definition) is 5. The van der Waals surface area contributed by atoms with Crippen molar-refractivity contribution in [1.29, 1.82) is 0 Å². The van der Waals surface area contributed by atoms with Crippen LogP contribution in [-0.4, -0.2) is 24.3 Å². The fourth-order valence-corrected chi connectivity index (χ4v) is 3.22. The molecule has 30 heavy (non-hydrogen) atoms. The standard InChI is InChI=1S/C23H27N3O4/c1-14(2)29-21-6-4-5-19(13-21)25-22(27)18-8-7-17-12-20(10-9-16(17)11-18)26-23(28)30-15(3)24/h4-10,12-16H,11,24H2,1-3H3,(H,25,27)(H,26,28). The molecule has 0 saturated carbocycles. The Morgan fingerprint density at radius 2 is 1.97 bits per heavy atom. The van der Waals surface area contributed by atoms with Gasteiger partial charge in [-0.2, -0.15) is 0 Å². The van der Waals surface area contributed by atoms with Crippen molar-refractivity contribution in [2.45, 2.75) is 39.5 Å². The van der Waals surface area contributed by atoms with Gasteiger partial charge in [0.05, 0.1) is 6.10 Å². The lowest BCUT2D eigenvalue weighted by atomic mass is 9.83. The SMILES string of the molecule is CC(C)Oc1cccc(NC(=O)C2=CC=C3C=C(NC(=O)OC(C)N)C=CC3C2)c1. The van der Waals surface area contributed by atoms with Crippen molar-refractivity contribution < 1.29 is 19.1 Å². The molecule has 0 heterocycles. The van der Waals surface area contributed by atoms with Crippen molar-refractivity contribution in [3.63, 3.8) is 0 Å². The van der Waals surface area contributed by atoms with E-state index in [2.05, 4.69) is 10.6 Å². The van der Waals surface area contributed by atoms with Crippen LogP contribution in [0.4, 0.5) is 10.5 Å². The number of benzene rings is 1. The van der Waals surface area contributed by atoms with Crippen LogP contribution >= 0.6 is 0 Å². The lowest BCUT2D eigenvalue weighted by Gasteiger charge is -2.24. The zero-order valence-corrected chi connectivity index (χ0v) is 17.3. The molecular formula is C23H27N3O4. The normalized spacial score (nSPS) is 18.4. The van der Waals surface area contributed by atoms with Gasteiger partial charge in [-0.15, -0.1) is 0 Å². The fourth-order valence-electron chi connectivity index (χ4n) is 3.22. The molecule has 0 fully saturated rings. The third-order valence-corrected chi connectivity index (χ3v) is 4.47. The molecule has 0 bridgehead atoms. The van der Waals surface area contributed by atoms with Gasteiger partial charge < -0.3 is 14.8 Å². The van der Waals surface area contributed by atoms with E-state index in [1.165, 1.54) is 0 Å². The van der Waals surface area contributed by atoms with E-state index >= 15 is 0 Å². The number of carbonyl (C=O) groups is 2. The molecule has 7 nitrogen and oxygen atoms in total. The first kappa shape index (κ1) is 21.4. The molecule has 0 spiro atoms. The number of anilines is 1. The highest BCUT2D eigenvalue weighted by Gasteiger charge is 2.23. The van der Waals surface area contributed by atoms with Crippen LogP contribution < -0.4 is 21.1 Å². The Morgan fingerprint density at radius 1 is 1.17 bits per heavy atom. The number of carbonyl (C=O) groups excluding carboxylic acids is 2. The van der Waals surface area contributed by atoms with Crippen LogP contribution in [0.5, 0.6) is 5.75 Å². The van der Waals surface area contributed by atoms with E-state index in [1.54, 1.807) is 13.0 Å². The maximum absolute atomic E-state index is 12.7. The minimum absolute atomic E-state index is 0.0617. The molecule has 158 valence electrons. The zero-order valence-electron chi connectivity index (χ0n) is 17.3. The molecule has 2 aliphatic rings. The maximum Gasteiger partial charge on any atom is 0.413 e. The summed E-state index contributed by atoms with van der Waals surface area (Å²) in [6, 6.07) is 7.35. The largest absolute Gasteiger partial charge is 0.491 e. The molecule has 7 heteroatoms. The van der Waals surface area contributed by atoms with Gasteiger partial charge in [-0.3, -0.25) is 15.8 Å². The first-order valence-electron chi connectivity index (χ1n) is 9.92. The van der Waals surface area contributed by atoms with Crippen molar-refractivity contribution >= 4 is 17.7 Å². The molecule has 3 rings (SSSR count). The lowest BCUT2D eigenvalue weighted by molar-refractivity contribution is -0.113. The minimum atomic E-state index is -0.679. The molecule has 2 atom stereocenters. The van der Waals surface area contributed by atoms with Gasteiger partial charge >= 0.3 is 6.09 Å². The highest BCUT2D eigenvalue weighted by molar-refractivity contribution is 6.04. The third kappa shape index (κ3) is 5.84. The monoisotopic (exact) mass is 409 g/mol. The molecule has 1 aromatic carbocycles. The van der Waals surface area contributed by atoms with Gasteiger partial charge in [0.1, 0.15) is 12.0 Å². The Kier molecular flexibility index (Phi) is 6.74. The van der Waals surface area contributed by atoms with Gasteiger partial charge in [-0.1, -0.05) is 24.3 Å². The smallest absolute Gasteiger partial charge is 0.413 e. The molecule has 0 radical (unpaired) electrons. The summed E-state index contributed by atoms with van der Waals surface area (Å²) in [5.74, 6) is 0.640. The quantitative estimate of drug-likeness (QED) is 0.621. The Morgan fingerprint density at radius 3 is 2.70 bits per heavy atom. The molecule has 2 unspecified atom stereocenters. The van der Waals surface area contributed by atoms with Gasteiger partial charge in [-0.25, -0.2) is 4.79 Å². The summed E-state index contributed by atoms with van der Waals surface area (Å²) in [6.07, 6.45) is 8.69. The van der Waals surface area contributed by atoms with Crippen LogP contribution in [0.25, 0.3) is 0 Å². The molecule has 2 amide bonds. The second kappa shape index (κ2) is 9.45. The van der Waals surface area contributed by atoms with Crippen LogP contribution in [-0.2, 0) is 9.53 Å². The van der Waals surface area contributed by atoms with Gasteiger partial charge in [0.25, 0.3) is 5.91 Å². The van der Waals surface area contributed by atoms with Crippen molar-refractivity contribution in [1.82, 2.24) is 5.32 Å². The first-order chi connectivity index (χ1) is 14.3. The highest BCUT2D eigenvalue weighted by Crippen LogP contribution is 2.32. The molecule has 0 aromatic heterocycles. The molecule has 2 aliphatic carbocycles.